The lowest BCUT2D eigenvalue weighted by molar-refractivity contribution is -0.115. The Morgan fingerprint density at radius 1 is 1.36 bits per heavy atom. The Hall–Kier alpha value is -1.91. The molecule has 1 aliphatic rings. The molecule has 1 aromatic carbocycles. The Morgan fingerprint density at radius 2 is 2.14 bits per heavy atom. The number of nitrogens with one attached hydrogen (secondary N) is 2. The second-order valence-electron chi connectivity index (χ2n) is 3.18. The molecule has 1 heterocycles. The number of benzene rings is 1. The van der Waals surface area contributed by atoms with Gasteiger partial charge < -0.3 is 21.5 Å². The molecule has 0 spiro atoms. The summed E-state index contributed by atoms with van der Waals surface area (Å²) in [5.41, 5.74) is 7.14. The first-order valence-electron chi connectivity index (χ1n) is 4.33. The van der Waals surface area contributed by atoms with Gasteiger partial charge in [-0.2, -0.15) is 0 Å². The molecule has 0 saturated carbocycles. The van der Waals surface area contributed by atoms with Gasteiger partial charge in [0, 0.05) is 19.0 Å². The van der Waals surface area contributed by atoms with Gasteiger partial charge in [0.25, 0.3) is 0 Å². The highest BCUT2D eigenvalue weighted by molar-refractivity contribution is 5.97. The van der Waals surface area contributed by atoms with Gasteiger partial charge in [0.1, 0.15) is 5.75 Å². The normalized spacial score (nSPS) is 15.0. The lowest BCUT2D eigenvalue weighted by atomic mass is 10.2. The molecule has 5 N–H and O–H groups in total. The van der Waals surface area contributed by atoms with Crippen molar-refractivity contribution < 1.29 is 9.90 Å². The quantitative estimate of drug-likeness (QED) is 0.278. The van der Waals surface area contributed by atoms with E-state index in [1.165, 1.54) is 6.07 Å². The van der Waals surface area contributed by atoms with Crippen LogP contribution in [0.3, 0.4) is 0 Å². The molecular weight excluding hydrogens is 182 g/mol. The van der Waals surface area contributed by atoms with Gasteiger partial charge in [-0.1, -0.05) is 0 Å². The smallest absolute Gasteiger partial charge is 0.226 e. The van der Waals surface area contributed by atoms with Crippen LogP contribution in [0.1, 0.15) is 6.42 Å². The van der Waals surface area contributed by atoms with E-state index in [-0.39, 0.29) is 11.7 Å². The SMILES string of the molecule is Nc1cc2c(cc1O)NC(=O)CCN2. The largest absolute Gasteiger partial charge is 0.506 e. The van der Waals surface area contributed by atoms with Crippen LogP contribution in [-0.2, 0) is 4.79 Å². The average molecular weight is 193 g/mol. The van der Waals surface area contributed by atoms with Gasteiger partial charge >= 0.3 is 0 Å². The number of phenolic OH excluding ortho intramolecular Hbond substituents is 1. The molecule has 1 aromatic rings. The highest BCUT2D eigenvalue weighted by Crippen LogP contribution is 2.33. The second kappa shape index (κ2) is 3.10. The van der Waals surface area contributed by atoms with Crippen molar-refractivity contribution in [3.8, 4) is 5.75 Å². The van der Waals surface area contributed by atoms with Crippen molar-refractivity contribution in [3.05, 3.63) is 12.1 Å². The Labute approximate surface area is 80.9 Å². The topological polar surface area (TPSA) is 87.4 Å². The minimum absolute atomic E-state index is 0.0206. The molecular formula is C9H11N3O2. The van der Waals surface area contributed by atoms with E-state index in [9.17, 15) is 9.90 Å². The zero-order chi connectivity index (χ0) is 10.1. The molecule has 0 saturated heterocycles. The molecule has 0 atom stereocenters. The van der Waals surface area contributed by atoms with Crippen molar-refractivity contribution >= 4 is 23.0 Å². The summed E-state index contributed by atoms with van der Waals surface area (Å²) >= 11 is 0. The molecule has 5 heteroatoms. The molecule has 1 amide bonds. The van der Waals surface area contributed by atoms with Crippen molar-refractivity contribution in [1.82, 2.24) is 0 Å². The fraction of sp³-hybridized carbons (Fsp3) is 0.222. The number of phenols is 1. The molecule has 0 aromatic heterocycles. The van der Waals surface area contributed by atoms with E-state index in [0.717, 1.165) is 5.69 Å². The van der Waals surface area contributed by atoms with E-state index in [2.05, 4.69) is 10.6 Å². The van der Waals surface area contributed by atoms with Crippen LogP contribution < -0.4 is 16.4 Å². The Bertz CT molecular complexity index is 390. The molecule has 0 fully saturated rings. The number of aromatic hydroxyl groups is 1. The number of rotatable bonds is 0. The Morgan fingerprint density at radius 3 is 2.93 bits per heavy atom. The maximum absolute atomic E-state index is 11.2. The zero-order valence-corrected chi connectivity index (χ0v) is 7.50. The van der Waals surface area contributed by atoms with Crippen LogP contribution in [-0.4, -0.2) is 17.6 Å². The van der Waals surface area contributed by atoms with Crippen molar-refractivity contribution in [2.24, 2.45) is 0 Å². The minimum Gasteiger partial charge on any atom is -0.506 e. The summed E-state index contributed by atoms with van der Waals surface area (Å²) < 4.78 is 0. The van der Waals surface area contributed by atoms with Gasteiger partial charge in [0.05, 0.1) is 17.1 Å². The van der Waals surface area contributed by atoms with Crippen LogP contribution in [0.25, 0.3) is 0 Å². The predicted molar refractivity (Wildman–Crippen MR) is 54.3 cm³/mol. The van der Waals surface area contributed by atoms with Crippen LogP contribution in [0.2, 0.25) is 0 Å². The van der Waals surface area contributed by atoms with E-state index in [4.69, 9.17) is 5.73 Å². The van der Waals surface area contributed by atoms with E-state index in [1.807, 2.05) is 0 Å². The standard InChI is InChI=1S/C9H11N3O2/c10-5-3-6-7(4-8(5)13)12-9(14)1-2-11-6/h3-4,11,13H,1-2,10H2,(H,12,14). The van der Waals surface area contributed by atoms with Crippen LogP contribution >= 0.6 is 0 Å². The number of carbonyl (C=O) groups is 1. The maximum atomic E-state index is 11.2. The third-order valence-electron chi connectivity index (χ3n) is 2.11. The predicted octanol–water partition coefficient (Wildman–Crippen LogP) is 0.728. The van der Waals surface area contributed by atoms with Gasteiger partial charge in [-0.15, -0.1) is 0 Å². The number of nitrogens with two attached hydrogens (primary N) is 1. The Balaban J connectivity index is 2.46. The molecule has 0 unspecified atom stereocenters. The van der Waals surface area contributed by atoms with Gasteiger partial charge in [0.2, 0.25) is 5.91 Å². The molecule has 14 heavy (non-hydrogen) atoms. The number of anilines is 3. The first-order valence-corrected chi connectivity index (χ1v) is 4.33. The molecule has 0 aliphatic carbocycles. The van der Waals surface area contributed by atoms with Crippen molar-refractivity contribution in [2.75, 3.05) is 22.9 Å². The molecule has 74 valence electrons. The van der Waals surface area contributed by atoms with Crippen LogP contribution in [0.4, 0.5) is 17.1 Å². The molecule has 0 radical (unpaired) electrons. The van der Waals surface area contributed by atoms with Gasteiger partial charge in [-0.3, -0.25) is 4.79 Å². The first-order chi connectivity index (χ1) is 6.66. The third kappa shape index (κ3) is 1.44. The second-order valence-corrected chi connectivity index (χ2v) is 3.18. The summed E-state index contributed by atoms with van der Waals surface area (Å²) in [7, 11) is 0. The van der Waals surface area contributed by atoms with E-state index in [1.54, 1.807) is 6.07 Å². The molecule has 5 nitrogen and oxygen atoms in total. The monoisotopic (exact) mass is 193 g/mol. The maximum Gasteiger partial charge on any atom is 0.226 e. The fourth-order valence-corrected chi connectivity index (χ4v) is 1.38. The minimum atomic E-state index is -0.0691. The van der Waals surface area contributed by atoms with E-state index < -0.39 is 0 Å². The van der Waals surface area contributed by atoms with Crippen LogP contribution in [0.15, 0.2) is 12.1 Å². The lowest BCUT2D eigenvalue weighted by Crippen LogP contribution is -2.10. The summed E-state index contributed by atoms with van der Waals surface area (Å²) in [6.45, 7) is 0.572. The fourth-order valence-electron chi connectivity index (χ4n) is 1.38. The highest BCUT2D eigenvalue weighted by Gasteiger charge is 2.13. The van der Waals surface area contributed by atoms with E-state index in [0.29, 0.717) is 24.3 Å². The van der Waals surface area contributed by atoms with Crippen molar-refractivity contribution in [2.45, 2.75) is 6.42 Å². The van der Waals surface area contributed by atoms with Gasteiger partial charge in [-0.05, 0) is 6.07 Å². The molecule has 1 aliphatic heterocycles. The number of hydrogen-bond donors (Lipinski definition) is 4. The summed E-state index contributed by atoms with van der Waals surface area (Å²) in [5.74, 6) is -0.0897. The summed E-state index contributed by atoms with van der Waals surface area (Å²) in [6.07, 6.45) is 0.412. The lowest BCUT2D eigenvalue weighted by Gasteiger charge is -2.09. The molecule has 2 rings (SSSR count). The van der Waals surface area contributed by atoms with Gasteiger partial charge in [-0.25, -0.2) is 0 Å². The third-order valence-corrected chi connectivity index (χ3v) is 2.11. The number of nitrogen functional groups attached to an aromatic ring is 1. The number of carbonyl (C=O) groups excluding carboxylic acids is 1. The summed E-state index contributed by atoms with van der Waals surface area (Å²) in [5, 5.41) is 15.1. The summed E-state index contributed by atoms with van der Waals surface area (Å²) in [6, 6.07) is 3.05. The van der Waals surface area contributed by atoms with Crippen molar-refractivity contribution in [3.63, 3.8) is 0 Å². The number of hydrogen-bond acceptors (Lipinski definition) is 4. The average Bonchev–Trinajstić information content (AvgIpc) is 2.28. The first kappa shape index (κ1) is 8.68. The number of fused-ring (bicyclic) bond motifs is 1. The highest BCUT2D eigenvalue weighted by atomic mass is 16.3. The van der Waals surface area contributed by atoms with E-state index >= 15 is 0 Å². The Kier molecular flexibility index (Phi) is 1.92. The molecule has 0 bridgehead atoms. The van der Waals surface area contributed by atoms with Gasteiger partial charge in [0.15, 0.2) is 0 Å². The van der Waals surface area contributed by atoms with Crippen molar-refractivity contribution in [1.29, 1.82) is 0 Å². The zero-order valence-electron chi connectivity index (χ0n) is 7.50. The van der Waals surface area contributed by atoms with Crippen LogP contribution in [0.5, 0.6) is 5.75 Å². The number of amides is 1. The summed E-state index contributed by atoms with van der Waals surface area (Å²) in [4.78, 5) is 11.2. The van der Waals surface area contributed by atoms with Crippen LogP contribution in [0, 0.1) is 0 Å².